The van der Waals surface area contributed by atoms with Gasteiger partial charge in [-0.3, -0.25) is 4.99 Å². The average molecular weight is 415 g/mol. The molecule has 0 spiro atoms. The highest BCUT2D eigenvalue weighted by Gasteiger charge is 1.96. The average Bonchev–Trinajstić information content (AvgIpc) is 2.46. The molecule has 0 fully saturated rings. The first-order chi connectivity index (χ1) is 9.85. The van der Waals surface area contributed by atoms with Crippen molar-refractivity contribution in [1.82, 2.24) is 10.6 Å². The summed E-state index contributed by atoms with van der Waals surface area (Å²) in [5.41, 5.74) is 0. The van der Waals surface area contributed by atoms with Gasteiger partial charge in [0.05, 0.1) is 0 Å². The van der Waals surface area contributed by atoms with Crippen LogP contribution >= 0.6 is 24.0 Å². The van der Waals surface area contributed by atoms with Crippen molar-refractivity contribution in [3.8, 4) is 0 Å². The molecule has 0 aromatic heterocycles. The van der Waals surface area contributed by atoms with Crippen LogP contribution in [0, 0.1) is 0 Å². The number of ether oxygens (including phenoxy) is 2. The molecule has 0 aliphatic rings. The summed E-state index contributed by atoms with van der Waals surface area (Å²) in [6, 6.07) is 0. The maximum Gasteiger partial charge on any atom is 0.191 e. The van der Waals surface area contributed by atoms with Crippen LogP contribution in [0.25, 0.3) is 0 Å². The zero-order valence-electron chi connectivity index (χ0n) is 14.0. The van der Waals surface area contributed by atoms with E-state index in [0.717, 1.165) is 71.3 Å². The van der Waals surface area contributed by atoms with Gasteiger partial charge in [0, 0.05) is 46.1 Å². The number of nitrogens with one attached hydrogen (secondary N) is 2. The third kappa shape index (κ3) is 17.9. The molecule has 0 aromatic rings. The molecule has 6 heteroatoms. The standard InChI is InChI=1S/C15H33N3O2.HI/c1-4-7-12-20-14-9-11-18-15(16-5-2)17-10-8-13-19-6-3;/h4-14H2,1-3H3,(H2,16,17,18);1H. The Morgan fingerprint density at radius 2 is 1.62 bits per heavy atom. The SMILES string of the molecule is CCCCOCCCN=C(NCC)NCCCOCC.I. The minimum absolute atomic E-state index is 0. The first kappa shape index (κ1) is 23.2. The van der Waals surface area contributed by atoms with Crippen molar-refractivity contribution < 1.29 is 9.47 Å². The van der Waals surface area contributed by atoms with Crippen molar-refractivity contribution in [2.24, 2.45) is 4.99 Å². The van der Waals surface area contributed by atoms with Crippen molar-refractivity contribution >= 4 is 29.9 Å². The van der Waals surface area contributed by atoms with Crippen LogP contribution in [0.3, 0.4) is 0 Å². The molecule has 0 aliphatic carbocycles. The van der Waals surface area contributed by atoms with Crippen molar-refractivity contribution in [1.29, 1.82) is 0 Å². The summed E-state index contributed by atoms with van der Waals surface area (Å²) in [6.45, 7) is 12.1. The molecule has 0 amide bonds. The lowest BCUT2D eigenvalue weighted by Gasteiger charge is -2.11. The quantitative estimate of drug-likeness (QED) is 0.210. The lowest BCUT2D eigenvalue weighted by Crippen LogP contribution is -2.38. The number of halogens is 1. The predicted octanol–water partition coefficient (Wildman–Crippen LogP) is 2.79. The number of hydrogen-bond acceptors (Lipinski definition) is 3. The van der Waals surface area contributed by atoms with Crippen molar-refractivity contribution in [2.75, 3.05) is 46.1 Å². The van der Waals surface area contributed by atoms with E-state index in [9.17, 15) is 0 Å². The zero-order valence-corrected chi connectivity index (χ0v) is 16.3. The molecular formula is C15H34IN3O2. The van der Waals surface area contributed by atoms with Crippen LogP contribution in [0.5, 0.6) is 0 Å². The van der Waals surface area contributed by atoms with E-state index in [1.807, 2.05) is 6.92 Å². The number of aliphatic imine (C=N–C) groups is 1. The van der Waals surface area contributed by atoms with Gasteiger partial charge in [-0.15, -0.1) is 24.0 Å². The maximum atomic E-state index is 5.51. The van der Waals surface area contributed by atoms with Crippen LogP contribution in [-0.2, 0) is 9.47 Å². The Hall–Kier alpha value is -0.0800. The van der Waals surface area contributed by atoms with Gasteiger partial charge in [-0.05, 0) is 33.1 Å². The molecule has 0 heterocycles. The zero-order chi connectivity index (χ0) is 14.9. The number of hydrogen-bond donors (Lipinski definition) is 2. The van der Waals surface area contributed by atoms with Gasteiger partial charge >= 0.3 is 0 Å². The summed E-state index contributed by atoms with van der Waals surface area (Å²) in [7, 11) is 0. The molecule has 0 bridgehead atoms. The third-order valence-electron chi connectivity index (χ3n) is 2.67. The van der Waals surface area contributed by atoms with Gasteiger partial charge in [-0.1, -0.05) is 13.3 Å². The number of nitrogens with zero attached hydrogens (tertiary/aromatic N) is 1. The van der Waals surface area contributed by atoms with Crippen molar-refractivity contribution in [3.05, 3.63) is 0 Å². The van der Waals surface area contributed by atoms with E-state index < -0.39 is 0 Å². The normalized spacial score (nSPS) is 11.1. The van der Waals surface area contributed by atoms with Gasteiger partial charge in [0.1, 0.15) is 0 Å². The van der Waals surface area contributed by atoms with E-state index in [1.165, 1.54) is 6.42 Å². The van der Waals surface area contributed by atoms with Crippen LogP contribution in [0.1, 0.15) is 46.5 Å². The summed E-state index contributed by atoms with van der Waals surface area (Å²) in [5, 5.41) is 6.55. The Morgan fingerprint density at radius 1 is 0.905 bits per heavy atom. The van der Waals surface area contributed by atoms with Gasteiger partial charge in [0.25, 0.3) is 0 Å². The lowest BCUT2D eigenvalue weighted by atomic mass is 10.4. The first-order valence-corrected chi connectivity index (χ1v) is 8.02. The van der Waals surface area contributed by atoms with Gasteiger partial charge in [0.2, 0.25) is 0 Å². The smallest absolute Gasteiger partial charge is 0.191 e. The number of unbranched alkanes of at least 4 members (excludes halogenated alkanes) is 1. The van der Waals surface area contributed by atoms with Gasteiger partial charge < -0.3 is 20.1 Å². The van der Waals surface area contributed by atoms with Crippen molar-refractivity contribution in [3.63, 3.8) is 0 Å². The number of guanidine groups is 1. The second-order valence-electron chi connectivity index (χ2n) is 4.56. The molecule has 0 atom stereocenters. The second kappa shape index (κ2) is 19.9. The predicted molar refractivity (Wildman–Crippen MR) is 101 cm³/mol. The van der Waals surface area contributed by atoms with Gasteiger partial charge in [0.15, 0.2) is 5.96 Å². The topological polar surface area (TPSA) is 54.9 Å². The summed E-state index contributed by atoms with van der Waals surface area (Å²) < 4.78 is 10.8. The molecule has 0 radical (unpaired) electrons. The monoisotopic (exact) mass is 415 g/mol. The molecule has 2 N–H and O–H groups in total. The van der Waals surface area contributed by atoms with Crippen LogP contribution in [-0.4, -0.2) is 52.0 Å². The van der Waals surface area contributed by atoms with Gasteiger partial charge in [-0.2, -0.15) is 0 Å². The largest absolute Gasteiger partial charge is 0.382 e. The number of rotatable bonds is 13. The molecule has 0 saturated carbocycles. The Kier molecular flexibility index (Phi) is 22.0. The van der Waals surface area contributed by atoms with E-state index in [2.05, 4.69) is 29.5 Å². The fourth-order valence-electron chi connectivity index (χ4n) is 1.57. The van der Waals surface area contributed by atoms with Crippen LogP contribution in [0.15, 0.2) is 4.99 Å². The molecular weight excluding hydrogens is 381 g/mol. The van der Waals surface area contributed by atoms with Crippen LogP contribution in [0.4, 0.5) is 0 Å². The molecule has 0 aliphatic heterocycles. The summed E-state index contributed by atoms with van der Waals surface area (Å²) in [5.74, 6) is 0.887. The molecule has 0 unspecified atom stereocenters. The van der Waals surface area contributed by atoms with E-state index in [4.69, 9.17) is 9.47 Å². The molecule has 0 aromatic carbocycles. The van der Waals surface area contributed by atoms with E-state index in [1.54, 1.807) is 0 Å². The van der Waals surface area contributed by atoms with E-state index in [0.29, 0.717) is 0 Å². The summed E-state index contributed by atoms with van der Waals surface area (Å²) in [4.78, 5) is 4.52. The summed E-state index contributed by atoms with van der Waals surface area (Å²) >= 11 is 0. The summed E-state index contributed by atoms with van der Waals surface area (Å²) in [6.07, 6.45) is 4.30. The van der Waals surface area contributed by atoms with Crippen LogP contribution < -0.4 is 10.6 Å². The fourth-order valence-corrected chi connectivity index (χ4v) is 1.57. The Labute approximate surface area is 147 Å². The fraction of sp³-hybridized carbons (Fsp3) is 0.933. The van der Waals surface area contributed by atoms with Crippen LogP contribution in [0.2, 0.25) is 0 Å². The molecule has 21 heavy (non-hydrogen) atoms. The Bertz CT molecular complexity index is 229. The highest BCUT2D eigenvalue weighted by molar-refractivity contribution is 14.0. The molecule has 128 valence electrons. The third-order valence-corrected chi connectivity index (χ3v) is 2.67. The Morgan fingerprint density at radius 3 is 2.29 bits per heavy atom. The molecule has 0 saturated heterocycles. The highest BCUT2D eigenvalue weighted by Crippen LogP contribution is 1.90. The minimum Gasteiger partial charge on any atom is -0.382 e. The first-order valence-electron chi connectivity index (χ1n) is 8.02. The Balaban J connectivity index is 0. The minimum atomic E-state index is 0. The van der Waals surface area contributed by atoms with E-state index in [-0.39, 0.29) is 24.0 Å². The second-order valence-corrected chi connectivity index (χ2v) is 4.56. The molecule has 5 nitrogen and oxygen atoms in total. The highest BCUT2D eigenvalue weighted by atomic mass is 127. The van der Waals surface area contributed by atoms with Gasteiger partial charge in [-0.25, -0.2) is 0 Å². The van der Waals surface area contributed by atoms with Crippen molar-refractivity contribution in [2.45, 2.75) is 46.5 Å². The van der Waals surface area contributed by atoms with E-state index >= 15 is 0 Å². The molecule has 0 rings (SSSR count). The lowest BCUT2D eigenvalue weighted by molar-refractivity contribution is 0.130. The maximum absolute atomic E-state index is 5.51.